The average Bonchev–Trinajstić information content (AvgIpc) is 3.20. The van der Waals surface area contributed by atoms with E-state index >= 15 is 0 Å². The third-order valence-electron chi connectivity index (χ3n) is 6.23. The van der Waals surface area contributed by atoms with Crippen molar-refractivity contribution in [2.45, 2.75) is 6.92 Å². The lowest BCUT2D eigenvalue weighted by molar-refractivity contribution is 0.271. The molecular weight excluding hydrogens is 376 g/mol. The molecule has 0 saturated carbocycles. The zero-order valence-electron chi connectivity index (χ0n) is 17.4. The molecule has 1 fully saturated rings. The Labute approximate surface area is 174 Å². The van der Waals surface area contributed by atoms with Gasteiger partial charge in [0.1, 0.15) is 11.4 Å². The highest BCUT2D eigenvalue weighted by Crippen LogP contribution is 2.30. The van der Waals surface area contributed by atoms with E-state index in [1.165, 1.54) is 0 Å². The third-order valence-corrected chi connectivity index (χ3v) is 6.23. The molecule has 0 radical (unpaired) electrons. The quantitative estimate of drug-likeness (QED) is 0.551. The number of anilines is 2. The number of aryl methyl sites for hydroxylation is 1. The Morgan fingerprint density at radius 3 is 2.63 bits per heavy atom. The number of para-hydroxylation sites is 1. The van der Waals surface area contributed by atoms with E-state index in [0.717, 1.165) is 60.3 Å². The van der Waals surface area contributed by atoms with Crippen LogP contribution in [0.25, 0.3) is 33.3 Å². The lowest BCUT2D eigenvalue weighted by Gasteiger charge is -2.35. The maximum absolute atomic E-state index is 13.1. The third kappa shape index (κ3) is 2.93. The molecule has 3 heterocycles. The predicted molar refractivity (Wildman–Crippen MR) is 123 cm³/mol. The van der Waals surface area contributed by atoms with Crippen molar-refractivity contribution in [3.63, 3.8) is 0 Å². The number of H-pyrrole nitrogens is 1. The molecule has 3 N–H and O–H groups in total. The highest BCUT2D eigenvalue weighted by Gasteiger charge is 2.19. The van der Waals surface area contributed by atoms with Gasteiger partial charge in [0.15, 0.2) is 0 Å². The number of rotatable bonds is 3. The summed E-state index contributed by atoms with van der Waals surface area (Å²) < 4.78 is 1.63. The van der Waals surface area contributed by atoms with E-state index < -0.39 is 0 Å². The number of aromatic nitrogens is 3. The predicted octanol–water partition coefficient (Wildman–Crippen LogP) is 2.81. The van der Waals surface area contributed by atoms with Crippen LogP contribution in [0.5, 0.6) is 0 Å². The van der Waals surface area contributed by atoms with Gasteiger partial charge in [0, 0.05) is 44.3 Å². The van der Waals surface area contributed by atoms with Crippen LogP contribution in [0.15, 0.2) is 47.3 Å². The van der Waals surface area contributed by atoms with Gasteiger partial charge in [0.25, 0.3) is 5.56 Å². The number of fused-ring (bicyclic) bond motifs is 2. The number of hydrogen-bond donors (Lipinski definition) is 2. The highest BCUT2D eigenvalue weighted by molar-refractivity contribution is 5.98. The van der Waals surface area contributed by atoms with E-state index in [9.17, 15) is 4.79 Å². The van der Waals surface area contributed by atoms with Gasteiger partial charge in [0.2, 0.25) is 0 Å². The van der Waals surface area contributed by atoms with Crippen LogP contribution in [0.2, 0.25) is 0 Å². The van der Waals surface area contributed by atoms with Gasteiger partial charge in [-0.3, -0.25) is 4.79 Å². The maximum atomic E-state index is 13.1. The molecule has 4 aromatic rings. The van der Waals surface area contributed by atoms with Crippen molar-refractivity contribution in [3.05, 3.63) is 52.8 Å². The average molecular weight is 403 g/mol. The van der Waals surface area contributed by atoms with Crippen LogP contribution in [0.4, 0.5) is 11.4 Å². The fourth-order valence-electron chi connectivity index (χ4n) is 4.38. The normalized spacial score (nSPS) is 15.3. The van der Waals surface area contributed by atoms with E-state index in [0.29, 0.717) is 17.1 Å². The Bertz CT molecular complexity index is 1300. The summed E-state index contributed by atoms with van der Waals surface area (Å²) in [4.78, 5) is 26.0. The van der Waals surface area contributed by atoms with Gasteiger partial charge in [-0.25, -0.2) is 4.98 Å². The summed E-state index contributed by atoms with van der Waals surface area (Å²) in [7, 11) is 1.77. The number of piperazine rings is 1. The number of likely N-dealkylation sites (N-methyl/N-ethyl adjacent to an activating group) is 1. The van der Waals surface area contributed by atoms with E-state index in [2.05, 4.69) is 33.8 Å². The number of hydrogen-bond acceptors (Lipinski definition) is 5. The molecule has 1 aliphatic rings. The number of pyridine rings is 1. The number of nitrogens with two attached hydrogens (primary N) is 1. The lowest BCUT2D eigenvalue weighted by Crippen LogP contribution is -2.46. The zero-order valence-corrected chi connectivity index (χ0v) is 17.4. The summed E-state index contributed by atoms with van der Waals surface area (Å²) in [6.07, 6.45) is 0. The highest BCUT2D eigenvalue weighted by atomic mass is 16.1. The largest absolute Gasteiger partial charge is 0.397 e. The van der Waals surface area contributed by atoms with E-state index in [4.69, 9.17) is 10.7 Å². The van der Waals surface area contributed by atoms with Gasteiger partial charge < -0.3 is 25.1 Å². The van der Waals surface area contributed by atoms with Crippen LogP contribution >= 0.6 is 0 Å². The minimum absolute atomic E-state index is 0.152. The first-order valence-electron chi connectivity index (χ1n) is 10.4. The Morgan fingerprint density at radius 1 is 1.10 bits per heavy atom. The van der Waals surface area contributed by atoms with Crippen LogP contribution in [-0.4, -0.2) is 52.2 Å². The fourth-order valence-corrected chi connectivity index (χ4v) is 4.38. The first-order chi connectivity index (χ1) is 14.6. The second kappa shape index (κ2) is 7.18. The van der Waals surface area contributed by atoms with Gasteiger partial charge in [-0.2, -0.15) is 0 Å². The summed E-state index contributed by atoms with van der Waals surface area (Å²) in [6.45, 7) is 7.46. The molecule has 0 amide bonds. The monoisotopic (exact) mass is 402 g/mol. The first-order valence-corrected chi connectivity index (χ1v) is 10.4. The van der Waals surface area contributed by atoms with Gasteiger partial charge in [-0.15, -0.1) is 0 Å². The topological polar surface area (TPSA) is 83.2 Å². The van der Waals surface area contributed by atoms with Crippen molar-refractivity contribution in [3.8, 4) is 11.4 Å². The van der Waals surface area contributed by atoms with Crippen molar-refractivity contribution in [1.29, 1.82) is 0 Å². The van der Waals surface area contributed by atoms with E-state index in [1.807, 2.05) is 30.3 Å². The molecule has 30 heavy (non-hydrogen) atoms. The summed E-state index contributed by atoms with van der Waals surface area (Å²) in [6, 6.07) is 13.9. The Morgan fingerprint density at radius 2 is 1.87 bits per heavy atom. The van der Waals surface area contributed by atoms with E-state index in [1.54, 1.807) is 11.6 Å². The van der Waals surface area contributed by atoms with Crippen molar-refractivity contribution >= 4 is 33.3 Å². The number of benzene rings is 2. The molecule has 7 nitrogen and oxygen atoms in total. The Balaban J connectivity index is 1.57. The molecule has 2 aromatic heterocycles. The molecule has 0 aliphatic carbocycles. The van der Waals surface area contributed by atoms with Crippen molar-refractivity contribution in [2.75, 3.05) is 43.4 Å². The van der Waals surface area contributed by atoms with Gasteiger partial charge >= 0.3 is 0 Å². The molecule has 1 aliphatic heterocycles. The van der Waals surface area contributed by atoms with Crippen molar-refractivity contribution < 1.29 is 0 Å². The summed E-state index contributed by atoms with van der Waals surface area (Å²) >= 11 is 0. The minimum atomic E-state index is -0.152. The zero-order chi connectivity index (χ0) is 20.8. The van der Waals surface area contributed by atoms with Crippen LogP contribution in [0, 0.1) is 0 Å². The number of nitrogen functional groups attached to an aromatic ring is 1. The van der Waals surface area contributed by atoms with E-state index in [-0.39, 0.29) is 5.56 Å². The SMILES string of the molecule is CCN1CCN(c2ccc3[nH]c(-c4c(N)c5ccccc5n(C)c4=O)nc3c2)CC1. The van der Waals surface area contributed by atoms with Crippen LogP contribution in [0.3, 0.4) is 0 Å². The first kappa shape index (κ1) is 18.7. The standard InChI is InChI=1S/C23H26N6O/c1-3-28-10-12-29(13-11-28)15-8-9-17-18(14-15)26-22(25-17)20-21(24)16-6-4-5-7-19(16)27(2)23(20)30/h4-9,14H,3,10-13,24H2,1-2H3,(H,25,26). The number of aromatic amines is 1. The minimum Gasteiger partial charge on any atom is -0.397 e. The van der Waals surface area contributed by atoms with Crippen molar-refractivity contribution in [2.24, 2.45) is 7.05 Å². The Kier molecular flexibility index (Phi) is 4.47. The van der Waals surface area contributed by atoms with Gasteiger partial charge in [-0.05, 0) is 30.8 Å². The molecule has 7 heteroatoms. The second-order valence-electron chi connectivity index (χ2n) is 7.88. The number of imidazole rings is 1. The molecule has 0 spiro atoms. The van der Waals surface area contributed by atoms with Gasteiger partial charge in [0.05, 0.1) is 22.2 Å². The molecule has 1 saturated heterocycles. The summed E-state index contributed by atoms with van der Waals surface area (Å²) in [5, 5.41) is 0.851. The molecule has 0 unspecified atom stereocenters. The maximum Gasteiger partial charge on any atom is 0.263 e. The second-order valence-corrected chi connectivity index (χ2v) is 7.88. The Hall–Kier alpha value is -3.32. The smallest absolute Gasteiger partial charge is 0.263 e. The molecule has 5 rings (SSSR count). The van der Waals surface area contributed by atoms with Crippen molar-refractivity contribution in [1.82, 2.24) is 19.4 Å². The molecule has 0 bridgehead atoms. The molecule has 0 atom stereocenters. The summed E-state index contributed by atoms with van der Waals surface area (Å²) in [5.41, 5.74) is 10.9. The number of nitrogens with zero attached hydrogens (tertiary/aromatic N) is 4. The molecular formula is C23H26N6O. The fraction of sp³-hybridized carbons (Fsp3) is 0.304. The van der Waals surface area contributed by atoms with Gasteiger partial charge in [-0.1, -0.05) is 25.1 Å². The summed E-state index contributed by atoms with van der Waals surface area (Å²) in [5.74, 6) is 0.516. The number of nitrogens with one attached hydrogen (secondary N) is 1. The lowest BCUT2D eigenvalue weighted by atomic mass is 10.1. The van der Waals surface area contributed by atoms with Crippen LogP contribution in [0.1, 0.15) is 6.92 Å². The molecule has 2 aromatic carbocycles. The van der Waals surface area contributed by atoms with Crippen LogP contribution in [-0.2, 0) is 7.05 Å². The van der Waals surface area contributed by atoms with Crippen LogP contribution < -0.4 is 16.2 Å². The molecule has 154 valence electrons.